The summed E-state index contributed by atoms with van der Waals surface area (Å²) in [7, 11) is 0. The lowest BCUT2D eigenvalue weighted by Crippen LogP contribution is -2.46. The van der Waals surface area contributed by atoms with E-state index in [0.29, 0.717) is 25.1 Å². The van der Waals surface area contributed by atoms with Gasteiger partial charge in [-0.2, -0.15) is 0 Å². The zero-order valence-corrected chi connectivity index (χ0v) is 13.9. The average Bonchev–Trinajstić information content (AvgIpc) is 2.74. The van der Waals surface area contributed by atoms with Crippen LogP contribution in [0.4, 0.5) is 5.69 Å². The standard InChI is InChI=1S/C18H23N3O3/c1-12(22)19-15-7-9-21(10-8-15)18(24)14-5-6-16-13(11-14)3-2-4-17(23)20-16/h5-6,11,15H,2-4,7-10H2,1H3,(H,19,22)(H,20,23). The van der Waals surface area contributed by atoms with Gasteiger partial charge in [0.15, 0.2) is 0 Å². The van der Waals surface area contributed by atoms with Gasteiger partial charge in [-0.3, -0.25) is 14.4 Å². The fourth-order valence-corrected chi connectivity index (χ4v) is 3.40. The Hall–Kier alpha value is -2.37. The van der Waals surface area contributed by atoms with Crippen molar-refractivity contribution in [2.24, 2.45) is 0 Å². The average molecular weight is 329 g/mol. The van der Waals surface area contributed by atoms with Crippen LogP contribution in [0, 0.1) is 0 Å². The van der Waals surface area contributed by atoms with Crippen LogP contribution in [0.2, 0.25) is 0 Å². The summed E-state index contributed by atoms with van der Waals surface area (Å²) in [6, 6.07) is 5.68. The molecule has 2 aliphatic rings. The number of rotatable bonds is 2. The summed E-state index contributed by atoms with van der Waals surface area (Å²) in [4.78, 5) is 37.3. The molecule has 0 aliphatic carbocycles. The molecule has 6 nitrogen and oxygen atoms in total. The number of hydrogen-bond donors (Lipinski definition) is 2. The number of aryl methyl sites for hydroxylation is 1. The van der Waals surface area contributed by atoms with Crippen LogP contribution < -0.4 is 10.6 Å². The second-order valence-electron chi connectivity index (χ2n) is 6.54. The van der Waals surface area contributed by atoms with Gasteiger partial charge in [0.25, 0.3) is 5.91 Å². The maximum atomic E-state index is 12.7. The Kier molecular flexibility index (Phi) is 4.83. The second kappa shape index (κ2) is 7.03. The molecule has 2 aliphatic heterocycles. The highest BCUT2D eigenvalue weighted by Gasteiger charge is 2.24. The van der Waals surface area contributed by atoms with Gasteiger partial charge in [-0.25, -0.2) is 0 Å². The first-order chi connectivity index (χ1) is 11.5. The van der Waals surface area contributed by atoms with E-state index in [2.05, 4.69) is 10.6 Å². The molecule has 0 spiro atoms. The number of nitrogens with zero attached hydrogens (tertiary/aromatic N) is 1. The van der Waals surface area contributed by atoms with E-state index in [1.807, 2.05) is 17.0 Å². The normalized spacial score (nSPS) is 18.4. The van der Waals surface area contributed by atoms with Crippen LogP contribution in [0.1, 0.15) is 48.5 Å². The largest absolute Gasteiger partial charge is 0.353 e. The summed E-state index contributed by atoms with van der Waals surface area (Å²) in [6.45, 7) is 2.82. The van der Waals surface area contributed by atoms with Crippen LogP contribution in [-0.4, -0.2) is 41.8 Å². The third-order valence-corrected chi connectivity index (χ3v) is 4.67. The smallest absolute Gasteiger partial charge is 0.253 e. The zero-order valence-electron chi connectivity index (χ0n) is 13.9. The van der Waals surface area contributed by atoms with Gasteiger partial charge in [0.05, 0.1) is 0 Å². The van der Waals surface area contributed by atoms with Crippen LogP contribution >= 0.6 is 0 Å². The topological polar surface area (TPSA) is 78.5 Å². The Morgan fingerprint density at radius 3 is 2.67 bits per heavy atom. The number of piperidine rings is 1. The van der Waals surface area contributed by atoms with Gasteiger partial charge >= 0.3 is 0 Å². The first-order valence-corrected chi connectivity index (χ1v) is 8.52. The molecule has 1 aromatic rings. The Morgan fingerprint density at radius 1 is 1.21 bits per heavy atom. The summed E-state index contributed by atoms with van der Waals surface area (Å²) < 4.78 is 0. The molecule has 3 rings (SSSR count). The van der Waals surface area contributed by atoms with E-state index in [1.165, 1.54) is 6.92 Å². The summed E-state index contributed by atoms with van der Waals surface area (Å²) in [5.74, 6) is 0.0371. The number of anilines is 1. The van der Waals surface area contributed by atoms with Crippen LogP contribution in [0.25, 0.3) is 0 Å². The number of carbonyl (C=O) groups excluding carboxylic acids is 3. The third-order valence-electron chi connectivity index (χ3n) is 4.67. The summed E-state index contributed by atoms with van der Waals surface area (Å²) in [5, 5.41) is 5.80. The number of likely N-dealkylation sites (tertiary alicyclic amines) is 1. The Labute approximate surface area is 141 Å². The van der Waals surface area contributed by atoms with Gasteiger partial charge in [-0.1, -0.05) is 0 Å². The van der Waals surface area contributed by atoms with Crippen molar-refractivity contribution in [3.63, 3.8) is 0 Å². The second-order valence-corrected chi connectivity index (χ2v) is 6.54. The molecule has 0 radical (unpaired) electrons. The van der Waals surface area contributed by atoms with E-state index >= 15 is 0 Å². The van der Waals surface area contributed by atoms with Crippen molar-refractivity contribution < 1.29 is 14.4 Å². The van der Waals surface area contributed by atoms with Crippen LogP contribution in [-0.2, 0) is 16.0 Å². The molecule has 1 aromatic carbocycles. The number of nitrogens with one attached hydrogen (secondary N) is 2. The molecular weight excluding hydrogens is 306 g/mol. The highest BCUT2D eigenvalue weighted by molar-refractivity contribution is 5.97. The number of hydrogen-bond acceptors (Lipinski definition) is 3. The van der Waals surface area contributed by atoms with Gasteiger partial charge in [0, 0.05) is 43.7 Å². The monoisotopic (exact) mass is 329 g/mol. The van der Waals surface area contributed by atoms with E-state index in [9.17, 15) is 14.4 Å². The number of carbonyl (C=O) groups is 3. The molecule has 2 heterocycles. The van der Waals surface area contributed by atoms with Crippen molar-refractivity contribution in [3.05, 3.63) is 29.3 Å². The minimum Gasteiger partial charge on any atom is -0.353 e. The molecule has 2 N–H and O–H groups in total. The van der Waals surface area contributed by atoms with Gasteiger partial charge in [-0.15, -0.1) is 0 Å². The Bertz CT molecular complexity index is 663. The minimum atomic E-state index is -0.0208. The molecule has 0 bridgehead atoms. The van der Waals surface area contributed by atoms with E-state index in [-0.39, 0.29) is 23.8 Å². The van der Waals surface area contributed by atoms with Crippen molar-refractivity contribution in [2.45, 2.75) is 45.1 Å². The van der Waals surface area contributed by atoms with E-state index in [1.54, 1.807) is 6.07 Å². The van der Waals surface area contributed by atoms with E-state index in [4.69, 9.17) is 0 Å². The molecule has 0 atom stereocenters. The highest BCUT2D eigenvalue weighted by atomic mass is 16.2. The first kappa shape index (κ1) is 16.5. The Morgan fingerprint density at radius 2 is 1.96 bits per heavy atom. The highest BCUT2D eigenvalue weighted by Crippen LogP contribution is 2.24. The summed E-state index contributed by atoms with van der Waals surface area (Å²) >= 11 is 0. The van der Waals surface area contributed by atoms with Gasteiger partial charge in [-0.05, 0) is 49.4 Å². The van der Waals surface area contributed by atoms with Crippen molar-refractivity contribution in [1.82, 2.24) is 10.2 Å². The maximum absolute atomic E-state index is 12.7. The predicted molar refractivity (Wildman–Crippen MR) is 90.8 cm³/mol. The molecule has 1 saturated heterocycles. The van der Waals surface area contributed by atoms with Gasteiger partial charge < -0.3 is 15.5 Å². The lowest BCUT2D eigenvalue weighted by Gasteiger charge is -2.32. The van der Waals surface area contributed by atoms with Crippen molar-refractivity contribution in [3.8, 4) is 0 Å². The number of amides is 3. The number of fused-ring (bicyclic) bond motifs is 1. The summed E-state index contributed by atoms with van der Waals surface area (Å²) in [5.41, 5.74) is 2.51. The molecular formula is C18H23N3O3. The fraction of sp³-hybridized carbons (Fsp3) is 0.500. The lowest BCUT2D eigenvalue weighted by atomic mass is 10.0. The number of benzene rings is 1. The van der Waals surface area contributed by atoms with Gasteiger partial charge in [0.1, 0.15) is 0 Å². The molecule has 128 valence electrons. The molecule has 24 heavy (non-hydrogen) atoms. The van der Waals surface area contributed by atoms with E-state index < -0.39 is 0 Å². The summed E-state index contributed by atoms with van der Waals surface area (Å²) in [6.07, 6.45) is 3.70. The van der Waals surface area contributed by atoms with E-state index in [0.717, 1.165) is 36.9 Å². The van der Waals surface area contributed by atoms with Crippen LogP contribution in [0.3, 0.4) is 0 Å². The lowest BCUT2D eigenvalue weighted by molar-refractivity contribution is -0.120. The molecule has 0 aromatic heterocycles. The first-order valence-electron chi connectivity index (χ1n) is 8.52. The molecule has 1 fully saturated rings. The molecule has 0 saturated carbocycles. The van der Waals surface area contributed by atoms with Crippen molar-refractivity contribution in [1.29, 1.82) is 0 Å². The molecule has 6 heteroatoms. The van der Waals surface area contributed by atoms with Crippen LogP contribution in [0.15, 0.2) is 18.2 Å². The predicted octanol–water partition coefficient (Wildman–Crippen LogP) is 1.70. The Balaban J connectivity index is 1.67. The van der Waals surface area contributed by atoms with Crippen molar-refractivity contribution in [2.75, 3.05) is 18.4 Å². The molecule has 3 amide bonds. The maximum Gasteiger partial charge on any atom is 0.253 e. The zero-order chi connectivity index (χ0) is 17.1. The third kappa shape index (κ3) is 3.75. The fourth-order valence-electron chi connectivity index (χ4n) is 3.40. The minimum absolute atomic E-state index is 0.0208. The van der Waals surface area contributed by atoms with Crippen molar-refractivity contribution >= 4 is 23.4 Å². The quantitative estimate of drug-likeness (QED) is 0.867. The molecule has 0 unspecified atom stereocenters. The SMILES string of the molecule is CC(=O)NC1CCN(C(=O)c2ccc3c(c2)CCCC(=O)N3)CC1. The van der Waals surface area contributed by atoms with Gasteiger partial charge in [0.2, 0.25) is 11.8 Å². The van der Waals surface area contributed by atoms with Crippen LogP contribution in [0.5, 0.6) is 0 Å².